The molecule has 1 fully saturated rings. The standard InChI is InChI=1S/C28H26ClN3O3/c1-3-20-11-23(32-16-22(29)15-31-32)10-17(2)26(20)27-25(34)13-21(28(27)35)12-24(33)9-8-18-4-6-19(14-30)7-5-18/h4-7,10-11,15-16,21,27H,3,8-9,12-13H2,1-2H3. The summed E-state index contributed by atoms with van der Waals surface area (Å²) in [5.41, 5.74) is 4.89. The third kappa shape index (κ3) is 5.26. The highest BCUT2D eigenvalue weighted by atomic mass is 35.5. The molecule has 2 atom stereocenters. The maximum atomic E-state index is 13.3. The van der Waals surface area contributed by atoms with Crippen molar-refractivity contribution in [1.82, 2.24) is 9.78 Å². The summed E-state index contributed by atoms with van der Waals surface area (Å²) in [6, 6.07) is 13.1. The van der Waals surface area contributed by atoms with Gasteiger partial charge >= 0.3 is 0 Å². The Morgan fingerprint density at radius 3 is 2.60 bits per heavy atom. The number of aryl methyl sites for hydroxylation is 3. The van der Waals surface area contributed by atoms with Crippen LogP contribution in [0.5, 0.6) is 0 Å². The molecule has 1 heterocycles. The van der Waals surface area contributed by atoms with E-state index in [2.05, 4.69) is 11.2 Å². The van der Waals surface area contributed by atoms with Gasteiger partial charge in [-0.25, -0.2) is 4.68 Å². The number of carbonyl (C=O) groups is 3. The van der Waals surface area contributed by atoms with Gasteiger partial charge in [-0.05, 0) is 66.3 Å². The third-order valence-corrected chi connectivity index (χ3v) is 6.84. The molecule has 0 bridgehead atoms. The smallest absolute Gasteiger partial charge is 0.151 e. The van der Waals surface area contributed by atoms with Crippen molar-refractivity contribution in [3.8, 4) is 11.8 Å². The topological polar surface area (TPSA) is 92.8 Å². The Balaban J connectivity index is 1.48. The highest BCUT2D eigenvalue weighted by Crippen LogP contribution is 2.38. The number of nitrogens with zero attached hydrogens (tertiary/aromatic N) is 3. The second-order valence-electron chi connectivity index (χ2n) is 9.05. The second kappa shape index (κ2) is 10.4. The number of benzene rings is 2. The molecule has 0 N–H and O–H groups in total. The molecule has 1 saturated carbocycles. The Labute approximate surface area is 209 Å². The van der Waals surface area contributed by atoms with E-state index in [1.54, 1.807) is 29.2 Å². The molecule has 0 saturated heterocycles. The normalized spacial score (nSPS) is 17.5. The van der Waals surface area contributed by atoms with Crippen LogP contribution in [0.2, 0.25) is 5.02 Å². The third-order valence-electron chi connectivity index (χ3n) is 6.65. The van der Waals surface area contributed by atoms with E-state index < -0.39 is 11.8 Å². The SMILES string of the molecule is CCc1cc(-n2cc(Cl)cn2)cc(C)c1C1C(=O)CC(CC(=O)CCc2ccc(C#N)cc2)C1=O. The fraction of sp³-hybridized carbons (Fsp3) is 0.321. The second-order valence-corrected chi connectivity index (χ2v) is 9.48. The highest BCUT2D eigenvalue weighted by Gasteiger charge is 2.43. The Bertz CT molecular complexity index is 1330. The van der Waals surface area contributed by atoms with Crippen molar-refractivity contribution in [2.45, 2.75) is 51.9 Å². The Kier molecular flexibility index (Phi) is 7.28. The first kappa shape index (κ1) is 24.6. The van der Waals surface area contributed by atoms with Gasteiger partial charge in [0.15, 0.2) is 5.78 Å². The summed E-state index contributed by atoms with van der Waals surface area (Å²) >= 11 is 6.01. The van der Waals surface area contributed by atoms with E-state index in [4.69, 9.17) is 16.9 Å². The van der Waals surface area contributed by atoms with Gasteiger partial charge in [0, 0.05) is 31.4 Å². The summed E-state index contributed by atoms with van der Waals surface area (Å²) in [7, 11) is 0. The van der Waals surface area contributed by atoms with Crippen molar-refractivity contribution >= 4 is 29.0 Å². The number of hydrogen-bond donors (Lipinski definition) is 0. The van der Waals surface area contributed by atoms with E-state index in [9.17, 15) is 14.4 Å². The van der Waals surface area contributed by atoms with Gasteiger partial charge in [-0.2, -0.15) is 10.4 Å². The minimum absolute atomic E-state index is 0.0282. The molecule has 6 nitrogen and oxygen atoms in total. The van der Waals surface area contributed by atoms with Crippen LogP contribution in [0.1, 0.15) is 59.9 Å². The van der Waals surface area contributed by atoms with Crippen molar-refractivity contribution < 1.29 is 14.4 Å². The van der Waals surface area contributed by atoms with Crippen LogP contribution < -0.4 is 0 Å². The molecule has 7 heteroatoms. The Morgan fingerprint density at radius 2 is 1.97 bits per heavy atom. The van der Waals surface area contributed by atoms with Crippen LogP contribution in [0.25, 0.3) is 5.69 Å². The molecular formula is C28H26ClN3O3. The quantitative estimate of drug-likeness (QED) is 0.412. The lowest BCUT2D eigenvalue weighted by atomic mass is 9.85. The summed E-state index contributed by atoms with van der Waals surface area (Å²) in [5.74, 6) is -1.70. The van der Waals surface area contributed by atoms with Gasteiger partial charge in [-0.1, -0.05) is 30.7 Å². The van der Waals surface area contributed by atoms with E-state index in [1.165, 1.54) is 0 Å². The average molecular weight is 488 g/mol. The first-order chi connectivity index (χ1) is 16.8. The molecule has 0 amide bonds. The zero-order chi connectivity index (χ0) is 25.1. The van der Waals surface area contributed by atoms with Gasteiger partial charge in [0.05, 0.1) is 28.5 Å². The average Bonchev–Trinajstić information content (AvgIpc) is 3.40. The van der Waals surface area contributed by atoms with Crippen LogP contribution in [0.3, 0.4) is 0 Å². The first-order valence-corrected chi connectivity index (χ1v) is 12.1. The molecule has 2 unspecified atom stereocenters. The number of hydrogen-bond acceptors (Lipinski definition) is 5. The lowest BCUT2D eigenvalue weighted by Crippen LogP contribution is -2.20. The first-order valence-electron chi connectivity index (χ1n) is 11.7. The molecule has 0 radical (unpaired) electrons. The predicted molar refractivity (Wildman–Crippen MR) is 133 cm³/mol. The molecule has 0 aliphatic heterocycles. The van der Waals surface area contributed by atoms with Gasteiger partial charge in [0.1, 0.15) is 17.5 Å². The van der Waals surface area contributed by atoms with Crippen LogP contribution >= 0.6 is 11.6 Å². The lowest BCUT2D eigenvalue weighted by molar-refractivity contribution is -0.127. The summed E-state index contributed by atoms with van der Waals surface area (Å²) in [5, 5.41) is 13.7. The van der Waals surface area contributed by atoms with E-state index in [0.29, 0.717) is 29.8 Å². The number of rotatable bonds is 8. The Hall–Kier alpha value is -3.56. The molecule has 1 aliphatic carbocycles. The van der Waals surface area contributed by atoms with Gasteiger partial charge < -0.3 is 0 Å². The maximum Gasteiger partial charge on any atom is 0.151 e. The van der Waals surface area contributed by atoms with Crippen LogP contribution in [0.4, 0.5) is 0 Å². The van der Waals surface area contributed by atoms with Gasteiger partial charge in [0.2, 0.25) is 0 Å². The molecule has 3 aromatic rings. The number of aromatic nitrogens is 2. The lowest BCUT2D eigenvalue weighted by Gasteiger charge is -2.18. The molecule has 35 heavy (non-hydrogen) atoms. The molecule has 1 aliphatic rings. The number of halogens is 1. The summed E-state index contributed by atoms with van der Waals surface area (Å²) in [6.07, 6.45) is 4.96. The Morgan fingerprint density at radius 1 is 1.23 bits per heavy atom. The predicted octanol–water partition coefficient (Wildman–Crippen LogP) is 5.10. The summed E-state index contributed by atoms with van der Waals surface area (Å²) in [6.45, 7) is 3.89. The summed E-state index contributed by atoms with van der Waals surface area (Å²) in [4.78, 5) is 39.0. The zero-order valence-electron chi connectivity index (χ0n) is 19.8. The van der Waals surface area contributed by atoms with E-state index in [1.807, 2.05) is 38.1 Å². The van der Waals surface area contributed by atoms with Crippen molar-refractivity contribution in [1.29, 1.82) is 5.26 Å². The van der Waals surface area contributed by atoms with Crippen LogP contribution in [0.15, 0.2) is 48.8 Å². The molecular weight excluding hydrogens is 462 g/mol. The molecule has 178 valence electrons. The fourth-order valence-corrected chi connectivity index (χ4v) is 5.00. The van der Waals surface area contributed by atoms with E-state index >= 15 is 0 Å². The van der Waals surface area contributed by atoms with Crippen LogP contribution in [0, 0.1) is 24.2 Å². The molecule has 0 spiro atoms. The minimum Gasteiger partial charge on any atom is -0.300 e. The number of carbonyl (C=O) groups excluding carboxylic acids is 3. The van der Waals surface area contributed by atoms with Crippen molar-refractivity contribution in [3.05, 3.63) is 81.6 Å². The van der Waals surface area contributed by atoms with Crippen molar-refractivity contribution in [3.63, 3.8) is 0 Å². The number of ketones is 3. The largest absolute Gasteiger partial charge is 0.300 e. The maximum absolute atomic E-state index is 13.3. The van der Waals surface area contributed by atoms with Crippen molar-refractivity contribution in [2.24, 2.45) is 5.92 Å². The minimum atomic E-state index is -0.823. The molecule has 2 aromatic carbocycles. The van der Waals surface area contributed by atoms with Gasteiger partial charge in [-0.3, -0.25) is 14.4 Å². The summed E-state index contributed by atoms with van der Waals surface area (Å²) < 4.78 is 1.67. The number of nitriles is 1. The number of Topliss-reactive ketones (excluding diaryl/α,β-unsaturated/α-hetero) is 3. The fourth-order valence-electron chi connectivity index (χ4n) is 4.87. The van der Waals surface area contributed by atoms with E-state index in [0.717, 1.165) is 27.9 Å². The monoisotopic (exact) mass is 487 g/mol. The molecule has 4 rings (SSSR count). The molecule has 1 aromatic heterocycles. The van der Waals surface area contributed by atoms with Gasteiger partial charge in [-0.15, -0.1) is 0 Å². The van der Waals surface area contributed by atoms with Gasteiger partial charge in [0.25, 0.3) is 0 Å². The van der Waals surface area contributed by atoms with Crippen LogP contribution in [-0.2, 0) is 27.2 Å². The van der Waals surface area contributed by atoms with Crippen LogP contribution in [-0.4, -0.2) is 27.1 Å². The highest BCUT2D eigenvalue weighted by molar-refractivity contribution is 6.30. The zero-order valence-corrected chi connectivity index (χ0v) is 20.5. The van der Waals surface area contributed by atoms with E-state index in [-0.39, 0.29) is 30.2 Å². The van der Waals surface area contributed by atoms with Crippen molar-refractivity contribution in [2.75, 3.05) is 0 Å².